The largest absolute Gasteiger partial charge is 0.508 e. The van der Waals surface area contributed by atoms with Gasteiger partial charge >= 0.3 is 0 Å². The van der Waals surface area contributed by atoms with Crippen LogP contribution in [-0.2, 0) is 0 Å². The van der Waals surface area contributed by atoms with Crippen LogP contribution in [0.2, 0.25) is 0 Å². The highest BCUT2D eigenvalue weighted by atomic mass is 16.3. The number of rotatable bonds is 6. The Morgan fingerprint density at radius 3 is 2.68 bits per heavy atom. The highest BCUT2D eigenvalue weighted by Gasteiger charge is 2.33. The van der Waals surface area contributed by atoms with Gasteiger partial charge in [0, 0.05) is 37.0 Å². The van der Waals surface area contributed by atoms with E-state index in [0.29, 0.717) is 5.75 Å². The summed E-state index contributed by atoms with van der Waals surface area (Å²) < 4.78 is 0. The highest BCUT2D eigenvalue weighted by molar-refractivity contribution is 5.53. The van der Waals surface area contributed by atoms with Crippen LogP contribution in [0, 0.1) is 11.8 Å². The summed E-state index contributed by atoms with van der Waals surface area (Å²) in [5, 5.41) is 13.5. The molecular formula is C16H26N2O. The van der Waals surface area contributed by atoms with E-state index in [9.17, 15) is 5.11 Å². The molecule has 0 heterocycles. The molecule has 0 spiro atoms. The molecule has 0 radical (unpaired) electrons. The van der Waals surface area contributed by atoms with Crippen LogP contribution in [0.5, 0.6) is 5.75 Å². The summed E-state index contributed by atoms with van der Waals surface area (Å²) in [6.45, 7) is 8.45. The first kappa shape index (κ1) is 14.2. The molecule has 1 fully saturated rings. The SMILES string of the molecule is CCNC(C)c1ccc(N(C)CC2CC2C)cc1O. The topological polar surface area (TPSA) is 35.5 Å². The standard InChI is InChI=1S/C16H26N2O/c1-5-17-12(3)15-7-6-14(9-16(15)19)18(4)10-13-8-11(13)2/h6-7,9,11-13,17,19H,5,8,10H2,1-4H3. The van der Waals surface area contributed by atoms with Crippen molar-refractivity contribution in [1.29, 1.82) is 0 Å². The van der Waals surface area contributed by atoms with Crippen molar-refractivity contribution in [3.63, 3.8) is 0 Å². The van der Waals surface area contributed by atoms with E-state index in [2.05, 4.69) is 44.1 Å². The fourth-order valence-corrected chi connectivity index (χ4v) is 2.66. The maximum absolute atomic E-state index is 10.2. The van der Waals surface area contributed by atoms with Crippen LogP contribution < -0.4 is 10.2 Å². The van der Waals surface area contributed by atoms with E-state index in [1.807, 2.05) is 12.1 Å². The van der Waals surface area contributed by atoms with Crippen molar-refractivity contribution in [3.05, 3.63) is 23.8 Å². The van der Waals surface area contributed by atoms with Crippen molar-refractivity contribution in [1.82, 2.24) is 5.32 Å². The predicted molar refractivity (Wildman–Crippen MR) is 80.7 cm³/mol. The van der Waals surface area contributed by atoms with Crippen molar-refractivity contribution in [2.75, 3.05) is 25.0 Å². The van der Waals surface area contributed by atoms with Gasteiger partial charge in [0.15, 0.2) is 0 Å². The minimum atomic E-state index is 0.188. The summed E-state index contributed by atoms with van der Waals surface area (Å²) in [5.74, 6) is 2.08. The molecule has 3 unspecified atom stereocenters. The fraction of sp³-hybridized carbons (Fsp3) is 0.625. The molecule has 1 saturated carbocycles. The smallest absolute Gasteiger partial charge is 0.122 e. The Hall–Kier alpha value is -1.22. The van der Waals surface area contributed by atoms with Gasteiger partial charge in [-0.25, -0.2) is 0 Å². The molecule has 0 saturated heterocycles. The van der Waals surface area contributed by atoms with Gasteiger partial charge in [-0.15, -0.1) is 0 Å². The Labute approximate surface area is 116 Å². The summed E-state index contributed by atoms with van der Waals surface area (Å²) in [6, 6.07) is 6.21. The summed E-state index contributed by atoms with van der Waals surface area (Å²) in [6.07, 6.45) is 1.34. The van der Waals surface area contributed by atoms with Gasteiger partial charge in [-0.3, -0.25) is 0 Å². The quantitative estimate of drug-likeness (QED) is 0.826. The maximum Gasteiger partial charge on any atom is 0.122 e. The number of anilines is 1. The highest BCUT2D eigenvalue weighted by Crippen LogP contribution is 2.39. The Balaban J connectivity index is 2.05. The lowest BCUT2D eigenvalue weighted by atomic mass is 10.1. The first-order valence-corrected chi connectivity index (χ1v) is 7.30. The molecule has 3 nitrogen and oxygen atoms in total. The lowest BCUT2D eigenvalue weighted by Crippen LogP contribution is -2.21. The van der Waals surface area contributed by atoms with Crippen LogP contribution >= 0.6 is 0 Å². The molecule has 1 aromatic carbocycles. The second-order valence-electron chi connectivity index (χ2n) is 5.88. The zero-order chi connectivity index (χ0) is 14.0. The van der Waals surface area contributed by atoms with Crippen LogP contribution in [0.25, 0.3) is 0 Å². The van der Waals surface area contributed by atoms with E-state index >= 15 is 0 Å². The van der Waals surface area contributed by atoms with Crippen LogP contribution in [0.4, 0.5) is 5.69 Å². The van der Waals surface area contributed by atoms with Crippen molar-refractivity contribution >= 4 is 5.69 Å². The number of hydrogen-bond acceptors (Lipinski definition) is 3. The lowest BCUT2D eigenvalue weighted by molar-refractivity contribution is 0.454. The van der Waals surface area contributed by atoms with Gasteiger partial charge in [0.25, 0.3) is 0 Å². The van der Waals surface area contributed by atoms with Crippen LogP contribution in [0.15, 0.2) is 18.2 Å². The van der Waals surface area contributed by atoms with E-state index in [0.717, 1.165) is 36.2 Å². The first-order valence-electron chi connectivity index (χ1n) is 7.30. The third-order valence-electron chi connectivity index (χ3n) is 4.22. The van der Waals surface area contributed by atoms with E-state index in [4.69, 9.17) is 0 Å². The number of nitrogens with zero attached hydrogens (tertiary/aromatic N) is 1. The zero-order valence-electron chi connectivity index (χ0n) is 12.5. The van der Waals surface area contributed by atoms with E-state index < -0.39 is 0 Å². The average Bonchev–Trinajstić information content (AvgIpc) is 3.04. The van der Waals surface area contributed by atoms with Crippen molar-refractivity contribution in [2.24, 2.45) is 11.8 Å². The Kier molecular flexibility index (Phi) is 4.35. The van der Waals surface area contributed by atoms with Crippen LogP contribution in [0.1, 0.15) is 38.8 Å². The van der Waals surface area contributed by atoms with Crippen molar-refractivity contribution in [3.8, 4) is 5.75 Å². The third-order valence-corrected chi connectivity index (χ3v) is 4.22. The first-order chi connectivity index (χ1) is 9.02. The molecular weight excluding hydrogens is 236 g/mol. The maximum atomic E-state index is 10.2. The second-order valence-corrected chi connectivity index (χ2v) is 5.88. The molecule has 0 bridgehead atoms. The third kappa shape index (κ3) is 3.41. The molecule has 2 N–H and O–H groups in total. The van der Waals surface area contributed by atoms with Crippen molar-refractivity contribution < 1.29 is 5.11 Å². The Morgan fingerprint density at radius 1 is 1.47 bits per heavy atom. The number of aromatic hydroxyl groups is 1. The molecule has 3 atom stereocenters. The van der Waals surface area contributed by atoms with Crippen LogP contribution in [-0.4, -0.2) is 25.2 Å². The van der Waals surface area contributed by atoms with E-state index in [1.165, 1.54) is 6.42 Å². The monoisotopic (exact) mass is 262 g/mol. The number of hydrogen-bond donors (Lipinski definition) is 2. The molecule has 3 heteroatoms. The van der Waals surface area contributed by atoms with Crippen LogP contribution in [0.3, 0.4) is 0 Å². The molecule has 1 aliphatic rings. The van der Waals surface area contributed by atoms with E-state index in [-0.39, 0.29) is 6.04 Å². The normalized spacial score (nSPS) is 23.2. The lowest BCUT2D eigenvalue weighted by Gasteiger charge is -2.21. The molecule has 0 aliphatic heterocycles. The minimum absolute atomic E-state index is 0.188. The molecule has 2 rings (SSSR count). The molecule has 0 amide bonds. The summed E-state index contributed by atoms with van der Waals surface area (Å²) in [5.41, 5.74) is 2.07. The number of nitrogens with one attached hydrogen (secondary N) is 1. The molecule has 106 valence electrons. The van der Waals surface area contributed by atoms with Gasteiger partial charge in [-0.05, 0) is 37.8 Å². The van der Waals surface area contributed by atoms with E-state index in [1.54, 1.807) is 0 Å². The molecule has 0 aromatic heterocycles. The number of phenolic OH excluding ortho intramolecular Hbond substituents is 1. The number of benzene rings is 1. The van der Waals surface area contributed by atoms with Gasteiger partial charge in [0.2, 0.25) is 0 Å². The van der Waals surface area contributed by atoms with Gasteiger partial charge in [-0.1, -0.05) is 19.9 Å². The minimum Gasteiger partial charge on any atom is -0.508 e. The van der Waals surface area contributed by atoms with Gasteiger partial charge in [0.05, 0.1) is 0 Å². The van der Waals surface area contributed by atoms with Crippen molar-refractivity contribution in [2.45, 2.75) is 33.2 Å². The Morgan fingerprint density at radius 2 is 2.16 bits per heavy atom. The van der Waals surface area contributed by atoms with Gasteiger partial charge in [0.1, 0.15) is 5.75 Å². The molecule has 1 aromatic rings. The van der Waals surface area contributed by atoms with Gasteiger partial charge in [-0.2, -0.15) is 0 Å². The molecule has 1 aliphatic carbocycles. The molecule has 19 heavy (non-hydrogen) atoms. The fourth-order valence-electron chi connectivity index (χ4n) is 2.66. The van der Waals surface area contributed by atoms with Gasteiger partial charge < -0.3 is 15.3 Å². The number of phenols is 1. The summed E-state index contributed by atoms with van der Waals surface area (Å²) in [7, 11) is 2.10. The summed E-state index contributed by atoms with van der Waals surface area (Å²) in [4.78, 5) is 2.25. The average molecular weight is 262 g/mol. The summed E-state index contributed by atoms with van der Waals surface area (Å²) >= 11 is 0. The predicted octanol–water partition coefficient (Wildman–Crippen LogP) is 3.15. The zero-order valence-corrected chi connectivity index (χ0v) is 12.5. The Bertz CT molecular complexity index is 433. The second kappa shape index (κ2) is 5.83.